The molecule has 30 heavy (non-hydrogen) atoms. The SMILES string of the molecule is CC(=CCCC(C)=CCCC(C)=CCC[C@]1(C)CCc2cc(O)cc(C)c2O1)CO. The van der Waals surface area contributed by atoms with Crippen molar-refractivity contribution in [1.82, 2.24) is 0 Å². The highest BCUT2D eigenvalue weighted by Crippen LogP contribution is 2.39. The molecule has 1 aromatic rings. The van der Waals surface area contributed by atoms with Crippen LogP contribution < -0.4 is 4.74 Å². The van der Waals surface area contributed by atoms with Crippen LogP contribution in [0.5, 0.6) is 11.5 Å². The van der Waals surface area contributed by atoms with E-state index in [4.69, 9.17) is 9.84 Å². The van der Waals surface area contributed by atoms with Crippen LogP contribution in [0.1, 0.15) is 83.8 Å². The van der Waals surface area contributed by atoms with Gasteiger partial charge in [0.25, 0.3) is 0 Å². The van der Waals surface area contributed by atoms with Crippen LogP contribution in [0, 0.1) is 6.92 Å². The lowest BCUT2D eigenvalue weighted by molar-refractivity contribution is 0.0561. The van der Waals surface area contributed by atoms with Crippen molar-refractivity contribution in [1.29, 1.82) is 0 Å². The zero-order valence-corrected chi connectivity index (χ0v) is 19.6. The van der Waals surface area contributed by atoms with E-state index in [0.717, 1.165) is 73.8 Å². The Labute approximate surface area is 183 Å². The van der Waals surface area contributed by atoms with Crippen molar-refractivity contribution in [3.63, 3.8) is 0 Å². The summed E-state index contributed by atoms with van der Waals surface area (Å²) < 4.78 is 6.39. The van der Waals surface area contributed by atoms with Gasteiger partial charge in [0.05, 0.1) is 6.61 Å². The molecule has 2 rings (SSSR count). The van der Waals surface area contributed by atoms with Gasteiger partial charge in [-0.15, -0.1) is 0 Å². The number of hydrogen-bond acceptors (Lipinski definition) is 3. The van der Waals surface area contributed by atoms with E-state index in [1.165, 1.54) is 11.1 Å². The third-order valence-electron chi connectivity index (χ3n) is 6.09. The smallest absolute Gasteiger partial charge is 0.126 e. The highest BCUT2D eigenvalue weighted by molar-refractivity contribution is 5.47. The largest absolute Gasteiger partial charge is 0.508 e. The third-order valence-corrected chi connectivity index (χ3v) is 6.09. The Morgan fingerprint density at radius 1 is 1.00 bits per heavy atom. The summed E-state index contributed by atoms with van der Waals surface area (Å²) in [5, 5.41) is 18.8. The first kappa shape index (κ1) is 24.3. The summed E-state index contributed by atoms with van der Waals surface area (Å²) in [6, 6.07) is 3.62. The Balaban J connectivity index is 1.77. The average molecular weight is 413 g/mol. The number of phenolic OH excluding ortho intramolecular Hbond substituents is 1. The number of aliphatic hydroxyl groups excluding tert-OH is 1. The lowest BCUT2D eigenvalue weighted by Crippen LogP contribution is -2.36. The highest BCUT2D eigenvalue weighted by Gasteiger charge is 2.31. The molecule has 3 heteroatoms. The van der Waals surface area contributed by atoms with E-state index < -0.39 is 0 Å². The Morgan fingerprint density at radius 3 is 2.23 bits per heavy atom. The van der Waals surface area contributed by atoms with Crippen LogP contribution in [-0.4, -0.2) is 22.4 Å². The predicted molar refractivity (Wildman–Crippen MR) is 126 cm³/mol. The zero-order valence-electron chi connectivity index (χ0n) is 19.6. The molecule has 1 aromatic carbocycles. The predicted octanol–water partition coefficient (Wildman–Crippen LogP) is 6.96. The second-order valence-electron chi connectivity index (χ2n) is 9.23. The fourth-order valence-electron chi connectivity index (χ4n) is 4.02. The summed E-state index contributed by atoms with van der Waals surface area (Å²) in [6.45, 7) is 10.8. The maximum Gasteiger partial charge on any atom is 0.126 e. The molecule has 0 aromatic heterocycles. The fourth-order valence-corrected chi connectivity index (χ4v) is 4.02. The standard InChI is InChI=1S/C27H40O3/c1-20(11-7-12-22(3)19-28)9-6-10-21(2)13-8-15-27(5)16-14-24-18-25(29)17-23(4)26(24)30-27/h9,12-13,17-18,28-29H,6-8,10-11,14-16,19H2,1-5H3/t27-/m1/s1. The summed E-state index contributed by atoms with van der Waals surface area (Å²) >= 11 is 0. The topological polar surface area (TPSA) is 49.7 Å². The molecule has 0 fully saturated rings. The molecule has 1 heterocycles. The maximum atomic E-state index is 9.80. The van der Waals surface area contributed by atoms with Gasteiger partial charge >= 0.3 is 0 Å². The van der Waals surface area contributed by atoms with Gasteiger partial charge in [0.1, 0.15) is 17.1 Å². The molecule has 0 unspecified atom stereocenters. The number of benzene rings is 1. The van der Waals surface area contributed by atoms with Crippen molar-refractivity contribution in [2.75, 3.05) is 6.61 Å². The molecule has 0 bridgehead atoms. The Hall–Kier alpha value is -2.00. The van der Waals surface area contributed by atoms with Crippen LogP contribution in [0.2, 0.25) is 0 Å². The fraction of sp³-hybridized carbons (Fsp3) is 0.556. The number of phenols is 1. The number of rotatable bonds is 10. The van der Waals surface area contributed by atoms with Crippen LogP contribution in [0.3, 0.4) is 0 Å². The summed E-state index contributed by atoms with van der Waals surface area (Å²) in [6.07, 6.45) is 15.1. The molecule has 0 aliphatic carbocycles. The minimum Gasteiger partial charge on any atom is -0.508 e. The number of hydrogen-bond donors (Lipinski definition) is 2. The van der Waals surface area contributed by atoms with Gasteiger partial charge < -0.3 is 14.9 Å². The minimum atomic E-state index is -0.137. The molecule has 1 aliphatic heterocycles. The number of aryl methyl sites for hydroxylation is 2. The van der Waals surface area contributed by atoms with E-state index in [-0.39, 0.29) is 12.2 Å². The van der Waals surface area contributed by atoms with Crippen LogP contribution in [0.4, 0.5) is 0 Å². The lowest BCUT2D eigenvalue weighted by Gasteiger charge is -2.36. The highest BCUT2D eigenvalue weighted by atomic mass is 16.5. The first-order valence-corrected chi connectivity index (χ1v) is 11.3. The summed E-state index contributed by atoms with van der Waals surface area (Å²) in [4.78, 5) is 0. The molecule has 1 atom stereocenters. The van der Waals surface area contributed by atoms with Crippen LogP contribution in [0.15, 0.2) is 47.1 Å². The molecule has 0 saturated carbocycles. The number of fused-ring (bicyclic) bond motifs is 1. The summed E-state index contributed by atoms with van der Waals surface area (Å²) in [5.74, 6) is 1.30. The van der Waals surface area contributed by atoms with E-state index in [1.54, 1.807) is 6.07 Å². The van der Waals surface area contributed by atoms with Gasteiger partial charge in [-0.2, -0.15) is 0 Å². The van der Waals surface area contributed by atoms with Gasteiger partial charge in [0.15, 0.2) is 0 Å². The van der Waals surface area contributed by atoms with E-state index in [0.29, 0.717) is 5.75 Å². The monoisotopic (exact) mass is 412 g/mol. The third kappa shape index (κ3) is 7.68. The van der Waals surface area contributed by atoms with Gasteiger partial charge in [-0.05, 0) is 109 Å². The van der Waals surface area contributed by atoms with Gasteiger partial charge in [0.2, 0.25) is 0 Å². The Morgan fingerprint density at radius 2 is 1.60 bits per heavy atom. The van der Waals surface area contributed by atoms with Gasteiger partial charge in [-0.3, -0.25) is 0 Å². The first-order chi connectivity index (χ1) is 14.2. The molecule has 2 N–H and O–H groups in total. The molecular formula is C27H40O3. The van der Waals surface area contributed by atoms with Crippen molar-refractivity contribution in [3.05, 3.63) is 58.2 Å². The first-order valence-electron chi connectivity index (χ1n) is 11.3. The van der Waals surface area contributed by atoms with Crippen molar-refractivity contribution >= 4 is 0 Å². The van der Waals surface area contributed by atoms with Crippen LogP contribution >= 0.6 is 0 Å². The normalized spacial score (nSPS) is 20.1. The number of aromatic hydroxyl groups is 1. The second-order valence-corrected chi connectivity index (χ2v) is 9.23. The minimum absolute atomic E-state index is 0.137. The number of allylic oxidation sites excluding steroid dienone is 5. The quantitative estimate of drug-likeness (QED) is 0.409. The number of ether oxygens (including phenoxy) is 1. The molecule has 1 aliphatic rings. The van der Waals surface area contributed by atoms with Gasteiger partial charge in [0, 0.05) is 0 Å². The Bertz CT molecular complexity index is 801. The zero-order chi connectivity index (χ0) is 22.1. The van der Waals surface area contributed by atoms with Crippen LogP contribution in [-0.2, 0) is 6.42 Å². The summed E-state index contributed by atoms with van der Waals surface area (Å²) in [5.41, 5.74) is 5.92. The van der Waals surface area contributed by atoms with Crippen molar-refractivity contribution in [3.8, 4) is 11.5 Å². The van der Waals surface area contributed by atoms with Gasteiger partial charge in [-0.1, -0.05) is 34.9 Å². The van der Waals surface area contributed by atoms with Crippen molar-refractivity contribution in [2.24, 2.45) is 0 Å². The average Bonchev–Trinajstić information content (AvgIpc) is 2.68. The van der Waals surface area contributed by atoms with Gasteiger partial charge in [-0.25, -0.2) is 0 Å². The van der Waals surface area contributed by atoms with E-state index >= 15 is 0 Å². The van der Waals surface area contributed by atoms with Crippen molar-refractivity contribution < 1.29 is 14.9 Å². The van der Waals surface area contributed by atoms with Crippen LogP contribution in [0.25, 0.3) is 0 Å². The molecule has 0 amide bonds. The summed E-state index contributed by atoms with van der Waals surface area (Å²) in [7, 11) is 0. The maximum absolute atomic E-state index is 9.80. The molecule has 166 valence electrons. The van der Waals surface area contributed by atoms with E-state index in [9.17, 15) is 5.11 Å². The molecule has 0 spiro atoms. The second kappa shape index (κ2) is 11.4. The molecular weight excluding hydrogens is 372 g/mol. The molecule has 3 nitrogen and oxygen atoms in total. The lowest BCUT2D eigenvalue weighted by atomic mass is 9.87. The molecule has 0 saturated heterocycles. The number of aliphatic hydroxyl groups is 1. The van der Waals surface area contributed by atoms with E-state index in [1.807, 2.05) is 19.9 Å². The molecule has 0 radical (unpaired) electrons. The van der Waals surface area contributed by atoms with E-state index in [2.05, 4.69) is 39.0 Å². The van der Waals surface area contributed by atoms with Crippen molar-refractivity contribution in [2.45, 2.75) is 91.6 Å². The Kier molecular flexibility index (Phi) is 9.23.